The van der Waals surface area contributed by atoms with E-state index in [1.165, 1.54) is 30.4 Å². The van der Waals surface area contributed by atoms with E-state index in [4.69, 9.17) is 4.74 Å². The summed E-state index contributed by atoms with van der Waals surface area (Å²) in [7, 11) is 0. The molecule has 0 atom stereocenters. The molecule has 138 valence electrons. The molecule has 0 aromatic heterocycles. The van der Waals surface area contributed by atoms with Crippen LogP contribution in [0.2, 0.25) is 0 Å². The van der Waals surface area contributed by atoms with E-state index >= 15 is 0 Å². The molecule has 8 nitrogen and oxygen atoms in total. The van der Waals surface area contributed by atoms with Crippen LogP contribution < -0.4 is 4.74 Å². The molecule has 0 heterocycles. The van der Waals surface area contributed by atoms with Gasteiger partial charge in [-0.25, -0.2) is 4.79 Å². The number of esters is 1. The van der Waals surface area contributed by atoms with Gasteiger partial charge in [0.25, 0.3) is 5.69 Å². The summed E-state index contributed by atoms with van der Waals surface area (Å²) in [6.07, 6.45) is 4.40. The number of carbonyl (C=O) groups is 1. The van der Waals surface area contributed by atoms with Crippen LogP contribution >= 0.6 is 31.9 Å². The molecule has 0 radical (unpaired) electrons. The predicted octanol–water partition coefficient (Wildman–Crippen LogP) is 4.99. The second-order valence-electron chi connectivity index (χ2n) is 5.01. The lowest BCUT2D eigenvalue weighted by Gasteiger charge is -2.08. The topological polar surface area (TPSA) is 113 Å². The van der Waals surface area contributed by atoms with Crippen molar-refractivity contribution in [3.63, 3.8) is 0 Å². The minimum absolute atomic E-state index is 0.102. The van der Waals surface area contributed by atoms with Gasteiger partial charge in [-0.2, -0.15) is 0 Å². The van der Waals surface area contributed by atoms with Gasteiger partial charge in [0.1, 0.15) is 0 Å². The van der Waals surface area contributed by atoms with Crippen molar-refractivity contribution in [1.82, 2.24) is 0 Å². The van der Waals surface area contributed by atoms with Crippen molar-refractivity contribution in [2.24, 2.45) is 0 Å². The molecule has 0 aliphatic carbocycles. The van der Waals surface area contributed by atoms with Crippen molar-refractivity contribution in [2.75, 3.05) is 0 Å². The lowest BCUT2D eigenvalue weighted by molar-refractivity contribution is -0.400. The third-order valence-electron chi connectivity index (χ3n) is 3.11. The normalized spacial score (nSPS) is 11.0. The average Bonchev–Trinajstić information content (AvgIpc) is 2.60. The molecule has 27 heavy (non-hydrogen) atoms. The standard InChI is InChI=1S/C17H10Br2N2O6/c18-13-9-12(6-7-20(23)24)17(15(19)10-13)27-16(22)5-4-11-2-1-3-14(8-11)21(25)26/h1-10H/b5-4+,7-6+. The number of nitro groups is 2. The Balaban J connectivity index is 2.24. The van der Waals surface area contributed by atoms with Crippen LogP contribution in [0.4, 0.5) is 5.69 Å². The first kappa shape index (κ1) is 20.5. The molecule has 0 saturated heterocycles. The van der Waals surface area contributed by atoms with Gasteiger partial charge in [0.2, 0.25) is 6.20 Å². The highest BCUT2D eigenvalue weighted by molar-refractivity contribution is 9.11. The van der Waals surface area contributed by atoms with Crippen LogP contribution in [0.3, 0.4) is 0 Å². The number of nitrogens with zero attached hydrogens (tertiary/aromatic N) is 2. The molecule has 0 bridgehead atoms. The van der Waals surface area contributed by atoms with Crippen LogP contribution in [0.15, 0.2) is 57.6 Å². The summed E-state index contributed by atoms with van der Waals surface area (Å²) < 4.78 is 6.30. The number of benzene rings is 2. The molecule has 0 aliphatic rings. The fraction of sp³-hybridized carbons (Fsp3) is 0. The Morgan fingerprint density at radius 2 is 1.81 bits per heavy atom. The highest BCUT2D eigenvalue weighted by Crippen LogP contribution is 2.34. The van der Waals surface area contributed by atoms with E-state index in [-0.39, 0.29) is 11.4 Å². The molecule has 2 aromatic rings. The van der Waals surface area contributed by atoms with Crippen LogP contribution in [0.1, 0.15) is 11.1 Å². The maximum atomic E-state index is 12.1. The minimum Gasteiger partial charge on any atom is -0.422 e. The molecular weight excluding hydrogens is 488 g/mol. The molecule has 0 N–H and O–H groups in total. The van der Waals surface area contributed by atoms with Gasteiger partial charge in [-0.3, -0.25) is 20.2 Å². The van der Waals surface area contributed by atoms with Gasteiger partial charge in [0.05, 0.1) is 14.3 Å². The molecule has 0 unspecified atom stereocenters. The molecular formula is C17H10Br2N2O6. The number of hydrogen-bond donors (Lipinski definition) is 0. The Labute approximate surface area is 169 Å². The van der Waals surface area contributed by atoms with E-state index in [1.807, 2.05) is 0 Å². The summed E-state index contributed by atoms with van der Waals surface area (Å²) in [5.74, 6) is -0.648. The van der Waals surface area contributed by atoms with Gasteiger partial charge in [-0.1, -0.05) is 28.1 Å². The van der Waals surface area contributed by atoms with Gasteiger partial charge in [0.15, 0.2) is 5.75 Å². The van der Waals surface area contributed by atoms with Crippen LogP contribution in [0, 0.1) is 20.2 Å². The number of halogens is 2. The Morgan fingerprint density at radius 3 is 2.48 bits per heavy atom. The van der Waals surface area contributed by atoms with E-state index in [0.717, 1.165) is 12.3 Å². The van der Waals surface area contributed by atoms with E-state index in [9.17, 15) is 25.0 Å². The number of hydrogen-bond acceptors (Lipinski definition) is 6. The van der Waals surface area contributed by atoms with Crippen molar-refractivity contribution in [3.8, 4) is 5.75 Å². The van der Waals surface area contributed by atoms with Crippen molar-refractivity contribution in [3.05, 3.63) is 89.0 Å². The zero-order valence-corrected chi connectivity index (χ0v) is 16.5. The summed E-state index contributed by atoms with van der Waals surface area (Å²) >= 11 is 6.50. The van der Waals surface area contributed by atoms with Gasteiger partial charge >= 0.3 is 5.97 Å². The maximum Gasteiger partial charge on any atom is 0.336 e. The van der Waals surface area contributed by atoms with Gasteiger partial charge in [-0.05, 0) is 39.7 Å². The molecule has 0 amide bonds. The van der Waals surface area contributed by atoms with Gasteiger partial charge in [-0.15, -0.1) is 0 Å². The minimum atomic E-state index is -0.750. The average molecular weight is 498 g/mol. The summed E-state index contributed by atoms with van der Waals surface area (Å²) in [5, 5.41) is 21.3. The smallest absolute Gasteiger partial charge is 0.336 e. The Hall–Kier alpha value is -2.85. The fourth-order valence-corrected chi connectivity index (χ4v) is 3.33. The second kappa shape index (κ2) is 9.19. The highest BCUT2D eigenvalue weighted by atomic mass is 79.9. The van der Waals surface area contributed by atoms with E-state index in [1.54, 1.807) is 18.2 Å². The molecule has 0 aliphatic heterocycles. The summed E-state index contributed by atoms with van der Waals surface area (Å²) in [6.45, 7) is 0. The summed E-state index contributed by atoms with van der Waals surface area (Å²) in [6, 6.07) is 8.91. The van der Waals surface area contributed by atoms with E-state index in [2.05, 4.69) is 31.9 Å². The molecule has 0 spiro atoms. The maximum absolute atomic E-state index is 12.1. The first-order chi connectivity index (χ1) is 12.8. The molecule has 2 aromatic carbocycles. The molecule has 10 heteroatoms. The lowest BCUT2D eigenvalue weighted by Crippen LogP contribution is -2.05. The zero-order chi connectivity index (χ0) is 20.0. The van der Waals surface area contributed by atoms with Crippen LogP contribution in [-0.2, 0) is 4.79 Å². The molecule has 0 fully saturated rings. The number of non-ortho nitro benzene ring substituents is 1. The third kappa shape index (κ3) is 6.12. The lowest BCUT2D eigenvalue weighted by atomic mass is 10.2. The Morgan fingerprint density at radius 1 is 1.07 bits per heavy atom. The summed E-state index contributed by atoms with van der Waals surface area (Å²) in [5.41, 5.74) is 0.655. The number of nitro benzene ring substituents is 1. The fourth-order valence-electron chi connectivity index (χ4n) is 1.99. The number of ether oxygens (including phenoxy) is 1. The van der Waals surface area contributed by atoms with E-state index < -0.39 is 15.8 Å². The SMILES string of the molecule is O=C(/C=C/c1cccc([N+](=O)[O-])c1)Oc1c(Br)cc(Br)cc1/C=C/[N+](=O)[O-]. The number of carbonyl (C=O) groups excluding carboxylic acids is 1. The monoisotopic (exact) mass is 496 g/mol. The number of rotatable bonds is 6. The first-order valence-electron chi connectivity index (χ1n) is 7.21. The largest absolute Gasteiger partial charge is 0.422 e. The van der Waals surface area contributed by atoms with E-state index in [0.29, 0.717) is 20.1 Å². The second-order valence-corrected chi connectivity index (χ2v) is 6.78. The van der Waals surface area contributed by atoms with Crippen molar-refractivity contribution >= 4 is 55.7 Å². The van der Waals surface area contributed by atoms with Crippen molar-refractivity contribution < 1.29 is 19.4 Å². The highest BCUT2D eigenvalue weighted by Gasteiger charge is 2.13. The molecule has 2 rings (SSSR count). The van der Waals surface area contributed by atoms with Crippen molar-refractivity contribution in [1.29, 1.82) is 0 Å². The first-order valence-corrected chi connectivity index (χ1v) is 8.80. The molecule has 0 saturated carbocycles. The Kier molecular flexibility index (Phi) is 6.97. The van der Waals surface area contributed by atoms with Gasteiger partial charge in [0, 0.05) is 34.3 Å². The van der Waals surface area contributed by atoms with Crippen LogP contribution in [-0.4, -0.2) is 15.8 Å². The summed E-state index contributed by atoms with van der Waals surface area (Å²) in [4.78, 5) is 32.2. The predicted molar refractivity (Wildman–Crippen MR) is 106 cm³/mol. The quantitative estimate of drug-likeness (QED) is 0.183. The zero-order valence-electron chi connectivity index (χ0n) is 13.4. The van der Waals surface area contributed by atoms with Crippen LogP contribution in [0.5, 0.6) is 5.75 Å². The Bertz CT molecular complexity index is 972. The van der Waals surface area contributed by atoms with Gasteiger partial charge < -0.3 is 4.74 Å². The van der Waals surface area contributed by atoms with Crippen molar-refractivity contribution in [2.45, 2.75) is 0 Å². The van der Waals surface area contributed by atoms with Crippen LogP contribution in [0.25, 0.3) is 12.2 Å². The third-order valence-corrected chi connectivity index (χ3v) is 4.16.